The Morgan fingerprint density at radius 2 is 1.90 bits per heavy atom. The molecule has 4 nitrogen and oxygen atoms in total. The number of benzene rings is 1. The lowest BCUT2D eigenvalue weighted by molar-refractivity contribution is 1.07. The predicted octanol–water partition coefficient (Wildman–Crippen LogP) is 3.51. The van der Waals surface area contributed by atoms with Crippen molar-refractivity contribution in [1.29, 1.82) is 0 Å². The van der Waals surface area contributed by atoms with Crippen LogP contribution in [0, 0.1) is 13.8 Å². The largest absolute Gasteiger partial charge is 0.340 e. The van der Waals surface area contributed by atoms with Gasteiger partial charge in [0.2, 0.25) is 0 Å². The summed E-state index contributed by atoms with van der Waals surface area (Å²) in [5, 5.41) is 4.48. The summed E-state index contributed by atoms with van der Waals surface area (Å²) in [6, 6.07) is 8.08. The van der Waals surface area contributed by atoms with Crippen LogP contribution in [0.25, 0.3) is 10.2 Å². The van der Waals surface area contributed by atoms with Gasteiger partial charge < -0.3 is 11.1 Å². The zero-order chi connectivity index (χ0) is 14.1. The summed E-state index contributed by atoms with van der Waals surface area (Å²) in [7, 11) is 0. The molecule has 3 N–H and O–H groups in total. The molecule has 5 heteroatoms. The number of hydrogen-bond acceptors (Lipinski definition) is 5. The number of rotatable bonds is 3. The van der Waals surface area contributed by atoms with Crippen LogP contribution in [0.1, 0.15) is 16.0 Å². The molecule has 0 radical (unpaired) electrons. The highest BCUT2D eigenvalue weighted by atomic mass is 32.1. The monoisotopic (exact) mass is 284 g/mol. The van der Waals surface area contributed by atoms with Crippen LogP contribution in [0.2, 0.25) is 0 Å². The maximum Gasteiger partial charge on any atom is 0.142 e. The molecule has 2 heterocycles. The molecule has 0 saturated heterocycles. The Bertz CT molecular complexity index is 746. The predicted molar refractivity (Wildman–Crippen MR) is 84.5 cm³/mol. The van der Waals surface area contributed by atoms with Gasteiger partial charge in [-0.25, -0.2) is 9.97 Å². The molecule has 2 aromatic heterocycles. The van der Waals surface area contributed by atoms with Crippen LogP contribution in [0.15, 0.2) is 30.6 Å². The van der Waals surface area contributed by atoms with Crippen molar-refractivity contribution in [3.05, 3.63) is 46.6 Å². The minimum atomic E-state index is 0.556. The molecule has 0 saturated carbocycles. The van der Waals surface area contributed by atoms with Gasteiger partial charge in [0.05, 0.1) is 5.39 Å². The van der Waals surface area contributed by atoms with Crippen molar-refractivity contribution >= 4 is 33.1 Å². The zero-order valence-corrected chi connectivity index (χ0v) is 12.3. The summed E-state index contributed by atoms with van der Waals surface area (Å²) in [6.07, 6.45) is 1.61. The van der Waals surface area contributed by atoms with Crippen molar-refractivity contribution in [2.75, 3.05) is 5.32 Å². The highest BCUT2D eigenvalue weighted by Gasteiger charge is 2.11. The topological polar surface area (TPSA) is 63.8 Å². The smallest absolute Gasteiger partial charge is 0.142 e. The number of nitrogens with two attached hydrogens (primary N) is 1. The highest BCUT2D eigenvalue weighted by molar-refractivity contribution is 7.18. The van der Waals surface area contributed by atoms with Gasteiger partial charge in [-0.2, -0.15) is 0 Å². The summed E-state index contributed by atoms with van der Waals surface area (Å²) in [6.45, 7) is 4.78. The van der Waals surface area contributed by atoms with Crippen molar-refractivity contribution in [2.24, 2.45) is 5.73 Å². The van der Waals surface area contributed by atoms with Crippen molar-refractivity contribution in [3.8, 4) is 0 Å². The molecule has 3 aromatic rings. The maximum atomic E-state index is 5.61. The molecule has 0 atom stereocenters. The Hall–Kier alpha value is -1.98. The minimum Gasteiger partial charge on any atom is -0.340 e. The van der Waals surface area contributed by atoms with Crippen LogP contribution in [0.5, 0.6) is 0 Å². The number of aromatic nitrogens is 2. The fourth-order valence-corrected chi connectivity index (χ4v) is 3.13. The third-order valence-electron chi connectivity index (χ3n) is 3.42. The van der Waals surface area contributed by atoms with Gasteiger partial charge in [-0.3, -0.25) is 0 Å². The number of nitrogens with one attached hydrogen (secondary N) is 1. The first kappa shape index (κ1) is 13.0. The van der Waals surface area contributed by atoms with E-state index in [0.29, 0.717) is 6.54 Å². The normalized spacial score (nSPS) is 10.9. The second-order valence-electron chi connectivity index (χ2n) is 4.71. The van der Waals surface area contributed by atoms with E-state index in [1.165, 1.54) is 10.4 Å². The van der Waals surface area contributed by atoms with Gasteiger partial charge in [-0.05, 0) is 37.1 Å². The molecule has 102 valence electrons. The fourth-order valence-electron chi connectivity index (χ4n) is 2.14. The van der Waals surface area contributed by atoms with Crippen molar-refractivity contribution in [2.45, 2.75) is 20.4 Å². The average Bonchev–Trinajstić information content (AvgIpc) is 2.76. The Balaban J connectivity index is 2.01. The van der Waals surface area contributed by atoms with E-state index in [9.17, 15) is 0 Å². The summed E-state index contributed by atoms with van der Waals surface area (Å²) in [4.78, 5) is 11.0. The van der Waals surface area contributed by atoms with Gasteiger partial charge in [0.1, 0.15) is 17.0 Å². The maximum absolute atomic E-state index is 5.61. The summed E-state index contributed by atoms with van der Waals surface area (Å²) >= 11 is 1.70. The van der Waals surface area contributed by atoms with Crippen LogP contribution in [0.3, 0.4) is 0 Å². The average molecular weight is 284 g/mol. The number of aryl methyl sites for hydroxylation is 2. The molecule has 0 fully saturated rings. The molecule has 20 heavy (non-hydrogen) atoms. The second kappa shape index (κ2) is 5.19. The first-order valence-corrected chi connectivity index (χ1v) is 7.27. The van der Waals surface area contributed by atoms with E-state index in [2.05, 4.69) is 29.1 Å². The fraction of sp³-hybridized carbons (Fsp3) is 0.200. The number of thiophene rings is 1. The third-order valence-corrected chi connectivity index (χ3v) is 4.53. The van der Waals surface area contributed by atoms with E-state index in [0.717, 1.165) is 27.3 Å². The van der Waals surface area contributed by atoms with Gasteiger partial charge in [0, 0.05) is 17.1 Å². The third kappa shape index (κ3) is 2.26. The molecule has 0 spiro atoms. The van der Waals surface area contributed by atoms with Gasteiger partial charge in [-0.1, -0.05) is 12.1 Å². The van der Waals surface area contributed by atoms with Crippen LogP contribution in [0.4, 0.5) is 11.5 Å². The number of anilines is 2. The quantitative estimate of drug-likeness (QED) is 0.772. The second-order valence-corrected chi connectivity index (χ2v) is 5.91. The van der Waals surface area contributed by atoms with E-state index in [4.69, 9.17) is 5.73 Å². The van der Waals surface area contributed by atoms with E-state index in [1.807, 2.05) is 24.3 Å². The summed E-state index contributed by atoms with van der Waals surface area (Å²) in [5.74, 6) is 0.859. The molecule has 0 aliphatic heterocycles. The minimum absolute atomic E-state index is 0.556. The van der Waals surface area contributed by atoms with Crippen molar-refractivity contribution in [1.82, 2.24) is 9.97 Å². The van der Waals surface area contributed by atoms with Gasteiger partial charge >= 0.3 is 0 Å². The molecule has 0 amide bonds. The van der Waals surface area contributed by atoms with Crippen molar-refractivity contribution in [3.63, 3.8) is 0 Å². The molecule has 0 aliphatic carbocycles. The van der Waals surface area contributed by atoms with Crippen molar-refractivity contribution < 1.29 is 0 Å². The first-order chi connectivity index (χ1) is 9.69. The lowest BCUT2D eigenvalue weighted by atomic mass is 10.2. The van der Waals surface area contributed by atoms with Crippen LogP contribution < -0.4 is 11.1 Å². The Kier molecular flexibility index (Phi) is 3.38. The summed E-state index contributed by atoms with van der Waals surface area (Å²) in [5.41, 5.74) is 8.97. The lowest BCUT2D eigenvalue weighted by Gasteiger charge is -2.08. The van der Waals surface area contributed by atoms with Gasteiger partial charge in [-0.15, -0.1) is 11.3 Å². The molecular formula is C15H16N4S. The Morgan fingerprint density at radius 3 is 2.60 bits per heavy atom. The molecule has 1 aromatic carbocycles. The molecule has 0 unspecified atom stereocenters. The molecular weight excluding hydrogens is 268 g/mol. The van der Waals surface area contributed by atoms with E-state index in [1.54, 1.807) is 17.7 Å². The standard InChI is InChI=1S/C15H16N4S/c1-9-10(2)20-15-13(9)14(17-8-18-15)19-12-5-3-11(7-16)4-6-12/h3-6,8H,7,16H2,1-2H3,(H,17,18,19). The lowest BCUT2D eigenvalue weighted by Crippen LogP contribution is -1.98. The number of nitrogens with zero attached hydrogens (tertiary/aromatic N) is 2. The van der Waals surface area contributed by atoms with Gasteiger partial charge in [0.25, 0.3) is 0 Å². The Labute approximate surface area is 121 Å². The first-order valence-electron chi connectivity index (χ1n) is 6.46. The molecule has 0 bridgehead atoms. The highest BCUT2D eigenvalue weighted by Crippen LogP contribution is 2.33. The van der Waals surface area contributed by atoms with E-state index < -0.39 is 0 Å². The molecule has 0 aliphatic rings. The van der Waals surface area contributed by atoms with E-state index >= 15 is 0 Å². The molecule has 3 rings (SSSR count). The number of fused-ring (bicyclic) bond motifs is 1. The summed E-state index contributed by atoms with van der Waals surface area (Å²) < 4.78 is 0. The van der Waals surface area contributed by atoms with Crippen LogP contribution in [-0.2, 0) is 6.54 Å². The van der Waals surface area contributed by atoms with E-state index in [-0.39, 0.29) is 0 Å². The number of hydrogen-bond donors (Lipinski definition) is 2. The van der Waals surface area contributed by atoms with Crippen LogP contribution in [-0.4, -0.2) is 9.97 Å². The SMILES string of the molecule is Cc1sc2ncnc(Nc3ccc(CN)cc3)c2c1C. The zero-order valence-electron chi connectivity index (χ0n) is 11.5. The van der Waals surface area contributed by atoms with Crippen LogP contribution >= 0.6 is 11.3 Å². The Morgan fingerprint density at radius 1 is 1.15 bits per heavy atom. The van der Waals surface area contributed by atoms with Gasteiger partial charge in [0.15, 0.2) is 0 Å².